The van der Waals surface area contributed by atoms with Crippen molar-refractivity contribution in [1.82, 2.24) is 4.72 Å². The van der Waals surface area contributed by atoms with E-state index in [9.17, 15) is 9.59 Å². The molecule has 0 heterocycles. The number of hydrogen-bond donors (Lipinski definition) is 1. The van der Waals surface area contributed by atoms with Crippen molar-refractivity contribution in [2.75, 3.05) is 12.4 Å². The van der Waals surface area contributed by atoms with Crippen molar-refractivity contribution in [2.45, 2.75) is 26.8 Å². The van der Waals surface area contributed by atoms with Gasteiger partial charge in [0, 0.05) is 18.0 Å². The predicted molar refractivity (Wildman–Crippen MR) is 60.3 cm³/mol. The van der Waals surface area contributed by atoms with E-state index in [-0.39, 0.29) is 22.2 Å². The summed E-state index contributed by atoms with van der Waals surface area (Å²) in [6, 6.07) is 0.243. The summed E-state index contributed by atoms with van der Waals surface area (Å²) in [7, 11) is 0. The molecule has 4 nitrogen and oxygen atoms in total. The van der Waals surface area contributed by atoms with Crippen LogP contribution in [0, 0.1) is 0 Å². The van der Waals surface area contributed by atoms with E-state index in [1.165, 1.54) is 0 Å². The number of carbonyl (C=O) groups is 2. The summed E-state index contributed by atoms with van der Waals surface area (Å²) < 4.78 is 7.45. The van der Waals surface area contributed by atoms with Crippen molar-refractivity contribution in [3.63, 3.8) is 0 Å². The zero-order valence-corrected chi connectivity index (χ0v) is 10.2. The number of rotatable bonds is 5. The maximum Gasteiger partial charge on any atom is 0.316 e. The molecule has 0 bridgehead atoms. The fraction of sp³-hybridized carbons (Fsp3) is 0.750. The van der Waals surface area contributed by atoms with Gasteiger partial charge in [0.15, 0.2) is 0 Å². The second-order valence-corrected chi connectivity index (χ2v) is 4.74. The molecular formula is C8H15NO3S2. The van der Waals surface area contributed by atoms with E-state index < -0.39 is 0 Å². The molecule has 6 heteroatoms. The molecule has 0 saturated carbocycles. The topological polar surface area (TPSA) is 55.4 Å². The van der Waals surface area contributed by atoms with Gasteiger partial charge in [-0.15, -0.1) is 0 Å². The van der Waals surface area contributed by atoms with Crippen molar-refractivity contribution in [3.8, 4) is 0 Å². The van der Waals surface area contributed by atoms with Crippen molar-refractivity contribution in [1.29, 1.82) is 0 Å². The quantitative estimate of drug-likeness (QED) is 0.583. The Hall–Kier alpha value is -0.200. The van der Waals surface area contributed by atoms with Crippen molar-refractivity contribution in [2.24, 2.45) is 0 Å². The highest BCUT2D eigenvalue weighted by atomic mass is 32.2. The van der Waals surface area contributed by atoms with Gasteiger partial charge in [-0.1, -0.05) is 11.8 Å². The first-order valence-corrected chi connectivity index (χ1v) is 6.11. The van der Waals surface area contributed by atoms with Gasteiger partial charge < -0.3 is 4.74 Å². The van der Waals surface area contributed by atoms with Crippen molar-refractivity contribution < 1.29 is 14.3 Å². The second-order valence-electron chi connectivity index (χ2n) is 2.72. The predicted octanol–water partition coefficient (Wildman–Crippen LogP) is 2.05. The molecule has 1 N–H and O–H groups in total. The highest BCUT2D eigenvalue weighted by Crippen LogP contribution is 2.14. The third-order valence-electron chi connectivity index (χ3n) is 0.991. The molecule has 0 radical (unpaired) electrons. The summed E-state index contributed by atoms with van der Waals surface area (Å²) in [6.45, 7) is 5.97. The smallest absolute Gasteiger partial charge is 0.316 e. The maximum absolute atomic E-state index is 11.1. The summed E-state index contributed by atoms with van der Waals surface area (Å²) >= 11 is 1.96. The van der Waals surface area contributed by atoms with Crippen LogP contribution < -0.4 is 4.72 Å². The van der Waals surface area contributed by atoms with E-state index in [4.69, 9.17) is 0 Å². The largest absolute Gasteiger partial charge is 0.465 e. The zero-order chi connectivity index (χ0) is 11.0. The van der Waals surface area contributed by atoms with E-state index in [1.807, 2.05) is 13.8 Å². The van der Waals surface area contributed by atoms with Gasteiger partial charge >= 0.3 is 5.97 Å². The molecule has 14 heavy (non-hydrogen) atoms. The van der Waals surface area contributed by atoms with Crippen molar-refractivity contribution >= 4 is 34.1 Å². The van der Waals surface area contributed by atoms with Gasteiger partial charge in [0.05, 0.1) is 12.4 Å². The standard InChI is InChI=1S/C8H15NO3S2/c1-4-12-7(10)5-13-8(11)14-9-6(2)3/h6,9H,4-5H2,1-3H3. The Morgan fingerprint density at radius 1 is 1.43 bits per heavy atom. The Balaban J connectivity index is 3.48. The summed E-state index contributed by atoms with van der Waals surface area (Å²) in [5, 5.41) is 0. The molecule has 0 aliphatic carbocycles. The first-order chi connectivity index (χ1) is 6.56. The molecule has 0 aromatic heterocycles. The number of esters is 1. The van der Waals surface area contributed by atoms with E-state index >= 15 is 0 Å². The van der Waals surface area contributed by atoms with Crippen LogP contribution in [-0.4, -0.2) is 28.8 Å². The van der Waals surface area contributed by atoms with Crippen LogP contribution in [-0.2, 0) is 9.53 Å². The molecule has 0 atom stereocenters. The van der Waals surface area contributed by atoms with Gasteiger partial charge in [-0.05, 0) is 20.8 Å². The Morgan fingerprint density at radius 3 is 2.57 bits per heavy atom. The highest BCUT2D eigenvalue weighted by Gasteiger charge is 2.09. The van der Waals surface area contributed by atoms with Crippen LogP contribution in [0.4, 0.5) is 4.79 Å². The van der Waals surface area contributed by atoms with Crippen LogP contribution >= 0.6 is 23.7 Å². The van der Waals surface area contributed by atoms with Gasteiger partial charge in [-0.3, -0.25) is 14.3 Å². The van der Waals surface area contributed by atoms with Crippen LogP contribution in [0.3, 0.4) is 0 Å². The van der Waals surface area contributed by atoms with Crippen molar-refractivity contribution in [3.05, 3.63) is 0 Å². The van der Waals surface area contributed by atoms with Crippen LogP contribution in [0.15, 0.2) is 0 Å². The summed E-state index contributed by atoms with van der Waals surface area (Å²) in [5.41, 5.74) is 0. The lowest BCUT2D eigenvalue weighted by atomic mass is 10.4. The number of carbonyl (C=O) groups excluding carboxylic acids is 2. The molecule has 0 aliphatic heterocycles. The Morgan fingerprint density at radius 2 is 2.07 bits per heavy atom. The normalized spacial score (nSPS) is 10.3. The molecule has 0 unspecified atom stereocenters. The lowest BCUT2D eigenvalue weighted by Gasteiger charge is -2.04. The van der Waals surface area contributed by atoms with Gasteiger partial charge in [0.1, 0.15) is 0 Å². The molecule has 0 saturated heterocycles. The molecule has 82 valence electrons. The third kappa shape index (κ3) is 8.40. The van der Waals surface area contributed by atoms with Gasteiger partial charge in [-0.2, -0.15) is 0 Å². The van der Waals surface area contributed by atoms with Crippen LogP contribution in [0.1, 0.15) is 20.8 Å². The molecular weight excluding hydrogens is 222 g/mol. The SMILES string of the molecule is CCOC(=O)CSC(=O)SNC(C)C. The summed E-state index contributed by atoms with van der Waals surface area (Å²) in [5.74, 6) is -0.268. The molecule has 0 aromatic rings. The fourth-order valence-corrected chi connectivity index (χ4v) is 1.72. The lowest BCUT2D eigenvalue weighted by molar-refractivity contribution is -0.139. The Bertz CT molecular complexity index is 197. The minimum Gasteiger partial charge on any atom is -0.465 e. The number of nitrogens with one attached hydrogen (secondary N) is 1. The number of ether oxygens (including phenoxy) is 1. The van der Waals surface area contributed by atoms with Crippen LogP contribution in [0.2, 0.25) is 0 Å². The molecule has 0 aromatic carbocycles. The van der Waals surface area contributed by atoms with Crippen LogP contribution in [0.25, 0.3) is 0 Å². The van der Waals surface area contributed by atoms with Gasteiger partial charge in [-0.25, -0.2) is 0 Å². The molecule has 0 fully saturated rings. The second kappa shape index (κ2) is 8.14. The zero-order valence-electron chi connectivity index (χ0n) is 8.53. The van der Waals surface area contributed by atoms with Crippen LogP contribution in [0.5, 0.6) is 0 Å². The monoisotopic (exact) mass is 237 g/mol. The maximum atomic E-state index is 11.1. The van der Waals surface area contributed by atoms with Gasteiger partial charge in [0.25, 0.3) is 4.45 Å². The minimum absolute atomic E-state index is 0.0828. The van der Waals surface area contributed by atoms with E-state index in [0.717, 1.165) is 23.7 Å². The summed E-state index contributed by atoms with van der Waals surface area (Å²) in [6.07, 6.45) is 0. The fourth-order valence-electron chi connectivity index (χ4n) is 0.516. The number of thioether (sulfide) groups is 1. The van der Waals surface area contributed by atoms with E-state index in [1.54, 1.807) is 6.92 Å². The average molecular weight is 237 g/mol. The third-order valence-corrected chi connectivity index (χ3v) is 2.97. The molecule has 0 spiro atoms. The molecule has 0 rings (SSSR count). The van der Waals surface area contributed by atoms with E-state index in [2.05, 4.69) is 9.46 Å². The molecule has 0 aliphatic rings. The van der Waals surface area contributed by atoms with E-state index in [0.29, 0.717) is 6.61 Å². The van der Waals surface area contributed by atoms with Gasteiger partial charge in [0.2, 0.25) is 0 Å². The average Bonchev–Trinajstić information content (AvgIpc) is 2.12. The number of hydrogen-bond acceptors (Lipinski definition) is 6. The first kappa shape index (κ1) is 13.8. The lowest BCUT2D eigenvalue weighted by Crippen LogP contribution is -2.16. The minimum atomic E-state index is -0.351. The highest BCUT2D eigenvalue weighted by molar-refractivity contribution is 8.38. The Labute approximate surface area is 92.7 Å². The first-order valence-electron chi connectivity index (χ1n) is 4.31. The summed E-state index contributed by atoms with van der Waals surface area (Å²) in [4.78, 5) is 22.0. The Kier molecular flexibility index (Phi) is 8.02. The molecule has 0 amide bonds.